The molecule has 0 fully saturated rings. The molecule has 17 heavy (non-hydrogen) atoms. The predicted octanol–water partition coefficient (Wildman–Crippen LogP) is 3.31. The van der Waals surface area contributed by atoms with E-state index in [-0.39, 0.29) is 0 Å². The molecule has 0 bridgehead atoms. The smallest absolute Gasteiger partial charge is 0.167 e. The first-order valence-electron chi connectivity index (χ1n) is 5.28. The summed E-state index contributed by atoms with van der Waals surface area (Å²) in [4.78, 5) is 10.7. The van der Waals surface area contributed by atoms with Gasteiger partial charge in [0.25, 0.3) is 0 Å². The number of carbonyl (C=O) groups excluding carboxylic acids is 1. The molecule has 3 rings (SSSR count). The van der Waals surface area contributed by atoms with E-state index in [1.807, 2.05) is 36.4 Å². The van der Waals surface area contributed by atoms with Crippen LogP contribution in [0.25, 0.3) is 22.2 Å². The molecule has 0 aliphatic rings. The summed E-state index contributed by atoms with van der Waals surface area (Å²) in [6.45, 7) is 0. The Hall–Kier alpha value is -2.42. The van der Waals surface area contributed by atoms with Gasteiger partial charge in [-0.1, -0.05) is 35.5 Å². The molecule has 0 radical (unpaired) electrons. The molecule has 2 aromatic carbocycles. The monoisotopic (exact) mass is 223 g/mol. The molecule has 0 N–H and O–H groups in total. The third kappa shape index (κ3) is 1.61. The van der Waals surface area contributed by atoms with E-state index in [1.54, 1.807) is 12.1 Å². The van der Waals surface area contributed by atoms with E-state index in [2.05, 4.69) is 5.16 Å². The highest BCUT2D eigenvalue weighted by Gasteiger charge is 2.09. The summed E-state index contributed by atoms with van der Waals surface area (Å²) in [5.74, 6) is 0. The first-order valence-corrected chi connectivity index (χ1v) is 5.28. The molecule has 0 saturated carbocycles. The number of carbonyl (C=O) groups is 1. The number of aromatic nitrogens is 1. The molecular weight excluding hydrogens is 214 g/mol. The van der Waals surface area contributed by atoms with Crippen LogP contribution in [0.15, 0.2) is 53.1 Å². The molecule has 0 aliphatic heterocycles. The Morgan fingerprint density at radius 2 is 1.94 bits per heavy atom. The Morgan fingerprint density at radius 3 is 2.82 bits per heavy atom. The van der Waals surface area contributed by atoms with Gasteiger partial charge in [0.05, 0.1) is 0 Å². The number of fused-ring (bicyclic) bond motifs is 1. The zero-order valence-corrected chi connectivity index (χ0v) is 8.96. The van der Waals surface area contributed by atoms with Gasteiger partial charge in [0.1, 0.15) is 12.0 Å². The molecule has 0 atom stereocenters. The maximum Gasteiger partial charge on any atom is 0.167 e. The van der Waals surface area contributed by atoms with Crippen LogP contribution in [0.3, 0.4) is 0 Å². The molecular formula is C14H9NO2. The van der Waals surface area contributed by atoms with E-state index in [9.17, 15) is 4.79 Å². The number of para-hydroxylation sites is 1. The Morgan fingerprint density at radius 1 is 1.06 bits per heavy atom. The minimum atomic E-state index is 0.634. The van der Waals surface area contributed by atoms with Crippen LogP contribution >= 0.6 is 0 Å². The number of nitrogens with zero attached hydrogens (tertiary/aromatic N) is 1. The third-order valence-electron chi connectivity index (χ3n) is 2.67. The van der Waals surface area contributed by atoms with Gasteiger partial charge in [0, 0.05) is 16.5 Å². The van der Waals surface area contributed by atoms with Crippen molar-refractivity contribution in [2.45, 2.75) is 0 Å². The van der Waals surface area contributed by atoms with E-state index >= 15 is 0 Å². The highest BCUT2D eigenvalue weighted by molar-refractivity contribution is 5.92. The molecule has 0 unspecified atom stereocenters. The fourth-order valence-electron chi connectivity index (χ4n) is 1.85. The lowest BCUT2D eigenvalue weighted by Crippen LogP contribution is -1.82. The largest absolute Gasteiger partial charge is 0.356 e. The standard InChI is InChI=1S/C14H9NO2/c16-9-10-4-3-5-11(8-10)14-12-6-1-2-7-13(12)17-15-14/h1-9H. The van der Waals surface area contributed by atoms with Gasteiger partial charge in [-0.05, 0) is 18.2 Å². The SMILES string of the molecule is O=Cc1cccc(-c2noc3ccccc23)c1. The fourth-order valence-corrected chi connectivity index (χ4v) is 1.85. The van der Waals surface area contributed by atoms with E-state index in [1.165, 1.54) is 0 Å². The van der Waals surface area contributed by atoms with Crippen molar-refractivity contribution in [1.82, 2.24) is 5.16 Å². The van der Waals surface area contributed by atoms with Crippen LogP contribution in [0.5, 0.6) is 0 Å². The number of hydrogen-bond donors (Lipinski definition) is 0. The summed E-state index contributed by atoms with van der Waals surface area (Å²) in [6.07, 6.45) is 0.825. The second-order valence-corrected chi connectivity index (χ2v) is 3.77. The quantitative estimate of drug-likeness (QED) is 0.626. The maximum atomic E-state index is 10.7. The van der Waals surface area contributed by atoms with Gasteiger partial charge < -0.3 is 4.52 Å². The van der Waals surface area contributed by atoms with E-state index in [0.717, 1.165) is 28.5 Å². The lowest BCUT2D eigenvalue weighted by molar-refractivity contribution is 0.112. The van der Waals surface area contributed by atoms with Gasteiger partial charge in [-0.2, -0.15) is 0 Å². The van der Waals surface area contributed by atoms with Crippen LogP contribution in [-0.2, 0) is 0 Å². The lowest BCUT2D eigenvalue weighted by Gasteiger charge is -1.97. The minimum absolute atomic E-state index is 0.634. The van der Waals surface area contributed by atoms with E-state index in [0.29, 0.717) is 5.56 Å². The average molecular weight is 223 g/mol. The third-order valence-corrected chi connectivity index (χ3v) is 2.67. The van der Waals surface area contributed by atoms with Crippen molar-refractivity contribution in [3.63, 3.8) is 0 Å². The maximum absolute atomic E-state index is 10.7. The van der Waals surface area contributed by atoms with Crippen molar-refractivity contribution in [1.29, 1.82) is 0 Å². The summed E-state index contributed by atoms with van der Waals surface area (Å²) < 4.78 is 5.24. The highest BCUT2D eigenvalue weighted by atomic mass is 16.5. The first-order chi connectivity index (χ1) is 8.38. The molecule has 1 heterocycles. The molecule has 0 aliphatic carbocycles. The topological polar surface area (TPSA) is 43.1 Å². The van der Waals surface area contributed by atoms with Crippen molar-refractivity contribution in [3.05, 3.63) is 54.1 Å². The van der Waals surface area contributed by atoms with Gasteiger partial charge in [-0.25, -0.2) is 0 Å². The fraction of sp³-hybridized carbons (Fsp3) is 0. The Bertz CT molecular complexity index is 685. The Balaban J connectivity index is 2.23. The molecule has 0 saturated heterocycles. The predicted molar refractivity (Wildman–Crippen MR) is 64.8 cm³/mol. The highest BCUT2D eigenvalue weighted by Crippen LogP contribution is 2.27. The summed E-state index contributed by atoms with van der Waals surface area (Å²) in [6, 6.07) is 15.0. The van der Waals surface area contributed by atoms with Gasteiger partial charge >= 0.3 is 0 Å². The number of rotatable bonds is 2. The van der Waals surface area contributed by atoms with Crippen LogP contribution in [-0.4, -0.2) is 11.4 Å². The second-order valence-electron chi connectivity index (χ2n) is 3.77. The Labute approximate surface area is 97.7 Å². The minimum Gasteiger partial charge on any atom is -0.356 e. The van der Waals surface area contributed by atoms with Crippen LogP contribution in [0.2, 0.25) is 0 Å². The molecule has 3 heteroatoms. The number of benzene rings is 2. The number of aldehydes is 1. The van der Waals surface area contributed by atoms with Crippen molar-refractivity contribution in [3.8, 4) is 11.3 Å². The van der Waals surface area contributed by atoms with Crippen LogP contribution in [0, 0.1) is 0 Å². The van der Waals surface area contributed by atoms with Crippen molar-refractivity contribution in [2.24, 2.45) is 0 Å². The van der Waals surface area contributed by atoms with Crippen molar-refractivity contribution >= 4 is 17.3 Å². The van der Waals surface area contributed by atoms with Gasteiger partial charge in [-0.15, -0.1) is 0 Å². The molecule has 3 nitrogen and oxygen atoms in total. The summed E-state index contributed by atoms with van der Waals surface area (Å²) in [7, 11) is 0. The van der Waals surface area contributed by atoms with Crippen molar-refractivity contribution in [2.75, 3.05) is 0 Å². The van der Waals surface area contributed by atoms with Crippen molar-refractivity contribution < 1.29 is 9.32 Å². The number of hydrogen-bond acceptors (Lipinski definition) is 3. The summed E-state index contributed by atoms with van der Waals surface area (Å²) in [5, 5.41) is 5.00. The second kappa shape index (κ2) is 3.87. The van der Waals surface area contributed by atoms with E-state index in [4.69, 9.17) is 4.52 Å². The summed E-state index contributed by atoms with van der Waals surface area (Å²) >= 11 is 0. The van der Waals surface area contributed by atoms with E-state index < -0.39 is 0 Å². The normalized spacial score (nSPS) is 10.6. The van der Waals surface area contributed by atoms with Crippen LogP contribution in [0.1, 0.15) is 10.4 Å². The molecule has 82 valence electrons. The first kappa shape index (κ1) is 9.78. The lowest BCUT2D eigenvalue weighted by atomic mass is 10.1. The molecule has 0 spiro atoms. The summed E-state index contributed by atoms with van der Waals surface area (Å²) in [5.41, 5.74) is 3.04. The van der Waals surface area contributed by atoms with Crippen LogP contribution in [0.4, 0.5) is 0 Å². The molecule has 0 amide bonds. The zero-order valence-electron chi connectivity index (χ0n) is 8.96. The zero-order chi connectivity index (χ0) is 11.7. The molecule has 3 aromatic rings. The Kier molecular flexibility index (Phi) is 2.22. The van der Waals surface area contributed by atoms with Crippen LogP contribution < -0.4 is 0 Å². The average Bonchev–Trinajstić information content (AvgIpc) is 2.82. The van der Waals surface area contributed by atoms with Gasteiger partial charge in [0.2, 0.25) is 0 Å². The van der Waals surface area contributed by atoms with Gasteiger partial charge in [-0.3, -0.25) is 4.79 Å². The molecule has 1 aromatic heterocycles. The van der Waals surface area contributed by atoms with Gasteiger partial charge in [0.15, 0.2) is 5.58 Å².